The molecule has 0 amide bonds. The van der Waals surface area contributed by atoms with Gasteiger partial charge in [0, 0.05) is 32.2 Å². The van der Waals surface area contributed by atoms with E-state index in [4.69, 9.17) is 16.4 Å². The fourth-order valence-corrected chi connectivity index (χ4v) is 5.74. The van der Waals surface area contributed by atoms with Crippen molar-refractivity contribution in [3.8, 4) is 11.3 Å². The van der Waals surface area contributed by atoms with Crippen LogP contribution in [-0.4, -0.2) is 82.4 Å². The molecule has 200 valence electrons. The lowest BCUT2D eigenvalue weighted by Gasteiger charge is -2.20. The highest BCUT2D eigenvalue weighted by Crippen LogP contribution is 2.38. The first-order chi connectivity index (χ1) is 17.6. The van der Waals surface area contributed by atoms with E-state index >= 15 is 0 Å². The van der Waals surface area contributed by atoms with E-state index in [1.54, 1.807) is 40.6 Å². The third-order valence-electron chi connectivity index (χ3n) is 6.06. The molecule has 0 aliphatic carbocycles. The summed E-state index contributed by atoms with van der Waals surface area (Å²) in [6, 6.07) is 6.58. The van der Waals surface area contributed by atoms with Crippen molar-refractivity contribution < 1.29 is 13.3 Å². The Balaban J connectivity index is 1.98. The second-order valence-electron chi connectivity index (χ2n) is 9.10. The van der Waals surface area contributed by atoms with Crippen LogP contribution < -0.4 is 10.5 Å². The van der Waals surface area contributed by atoms with Gasteiger partial charge in [0.2, 0.25) is 10.0 Å². The van der Waals surface area contributed by atoms with Gasteiger partial charge in [-0.05, 0) is 39.1 Å². The summed E-state index contributed by atoms with van der Waals surface area (Å²) in [5.41, 5.74) is 1.94. The Morgan fingerprint density at radius 1 is 1.08 bits per heavy atom. The van der Waals surface area contributed by atoms with Crippen LogP contribution in [0, 0.1) is 0 Å². The molecule has 3 heterocycles. The number of aryl methyl sites for hydroxylation is 1. The Morgan fingerprint density at radius 3 is 2.51 bits per heavy atom. The van der Waals surface area contributed by atoms with Crippen molar-refractivity contribution in [2.45, 2.75) is 38.1 Å². The molecule has 0 bridgehead atoms. The number of halogens is 1. The van der Waals surface area contributed by atoms with E-state index in [-0.39, 0.29) is 15.6 Å². The average Bonchev–Trinajstić information content (AvgIpc) is 3.46. The van der Waals surface area contributed by atoms with Crippen LogP contribution in [0.25, 0.3) is 27.9 Å². The lowest BCUT2D eigenvalue weighted by molar-refractivity contribution is 0.124. The Kier molecular flexibility index (Phi) is 7.93. The quantitative estimate of drug-likeness (QED) is 0.283. The molecule has 0 unspecified atom stereocenters. The number of benzene rings is 1. The zero-order valence-corrected chi connectivity index (χ0v) is 23.3. The molecule has 0 N–H and O–H groups in total. The van der Waals surface area contributed by atoms with E-state index in [2.05, 4.69) is 10.2 Å². The van der Waals surface area contributed by atoms with Gasteiger partial charge in [0.1, 0.15) is 18.6 Å². The van der Waals surface area contributed by atoms with Gasteiger partial charge in [-0.25, -0.2) is 17.6 Å². The third kappa shape index (κ3) is 4.86. The predicted molar refractivity (Wildman–Crippen MR) is 144 cm³/mol. The van der Waals surface area contributed by atoms with Crippen LogP contribution in [0.4, 0.5) is 0 Å². The minimum atomic E-state index is -3.76. The van der Waals surface area contributed by atoms with Crippen LogP contribution >= 0.6 is 11.6 Å². The van der Waals surface area contributed by atoms with Gasteiger partial charge >= 0.3 is 5.69 Å². The van der Waals surface area contributed by atoms with Gasteiger partial charge in [0.05, 0.1) is 15.4 Å². The minimum Gasteiger partial charge on any atom is -0.413 e. The maximum absolute atomic E-state index is 13.3. The van der Waals surface area contributed by atoms with Gasteiger partial charge in [-0.1, -0.05) is 37.6 Å². The van der Waals surface area contributed by atoms with Crippen molar-refractivity contribution in [3.05, 3.63) is 46.1 Å². The van der Waals surface area contributed by atoms with E-state index in [1.807, 2.05) is 32.8 Å². The summed E-state index contributed by atoms with van der Waals surface area (Å²) >= 11 is 6.99. The largest absolute Gasteiger partial charge is 0.413 e. The highest BCUT2D eigenvalue weighted by molar-refractivity contribution is 7.89. The SMILES string of the molecule is CCCOn1c(-c2cccc(S(=O)(=O)N(C)CCN(C)C)c2)c(Cl)c2c1c1nncn1c(=O)n2CCC. The van der Waals surface area contributed by atoms with E-state index < -0.39 is 10.0 Å². The number of aromatic nitrogens is 5. The van der Waals surface area contributed by atoms with Crippen LogP contribution in [-0.2, 0) is 16.6 Å². The summed E-state index contributed by atoms with van der Waals surface area (Å²) in [7, 11) is 1.59. The number of fused-ring (bicyclic) bond motifs is 3. The fourth-order valence-electron chi connectivity index (χ4n) is 4.15. The topological polar surface area (TPSA) is 107 Å². The average molecular weight is 550 g/mol. The van der Waals surface area contributed by atoms with Crippen molar-refractivity contribution in [1.82, 2.24) is 33.1 Å². The van der Waals surface area contributed by atoms with Crippen LogP contribution in [0.1, 0.15) is 26.7 Å². The molecule has 0 saturated heterocycles. The van der Waals surface area contributed by atoms with Crippen molar-refractivity contribution in [3.63, 3.8) is 0 Å². The monoisotopic (exact) mass is 549 g/mol. The van der Waals surface area contributed by atoms with E-state index in [1.165, 1.54) is 15.0 Å². The first-order valence-electron chi connectivity index (χ1n) is 12.1. The zero-order chi connectivity index (χ0) is 26.9. The molecule has 0 saturated carbocycles. The molecule has 3 aromatic heterocycles. The van der Waals surface area contributed by atoms with Crippen LogP contribution in [0.5, 0.6) is 0 Å². The second-order valence-corrected chi connectivity index (χ2v) is 11.5. The molecule has 0 fully saturated rings. The molecule has 0 radical (unpaired) electrons. The number of hydrogen-bond acceptors (Lipinski definition) is 7. The van der Waals surface area contributed by atoms with E-state index in [9.17, 15) is 13.2 Å². The summed E-state index contributed by atoms with van der Waals surface area (Å²) in [4.78, 5) is 21.4. The maximum Gasteiger partial charge on any atom is 0.335 e. The summed E-state index contributed by atoms with van der Waals surface area (Å²) in [5.74, 6) is 0. The van der Waals surface area contributed by atoms with Gasteiger partial charge in [0.15, 0.2) is 11.2 Å². The van der Waals surface area contributed by atoms with Crippen molar-refractivity contribution in [2.75, 3.05) is 40.8 Å². The summed E-state index contributed by atoms with van der Waals surface area (Å²) in [6.07, 6.45) is 2.78. The van der Waals surface area contributed by atoms with Crippen LogP contribution in [0.3, 0.4) is 0 Å². The molecule has 0 aliphatic heterocycles. The Bertz CT molecular complexity index is 1590. The van der Waals surface area contributed by atoms with Crippen LogP contribution in [0.2, 0.25) is 5.02 Å². The number of hydrogen-bond donors (Lipinski definition) is 0. The number of nitrogens with zero attached hydrogens (tertiary/aromatic N) is 7. The molecule has 0 spiro atoms. The molecule has 11 nitrogen and oxygen atoms in total. The Labute approximate surface area is 220 Å². The fraction of sp³-hybridized carbons (Fsp3) is 0.458. The van der Waals surface area contributed by atoms with E-state index in [0.717, 1.165) is 6.42 Å². The molecule has 4 rings (SSSR count). The number of likely N-dealkylation sites (N-methyl/N-ethyl adjacent to an activating group) is 2. The van der Waals surface area contributed by atoms with E-state index in [0.29, 0.717) is 60.6 Å². The normalized spacial score (nSPS) is 12.4. The summed E-state index contributed by atoms with van der Waals surface area (Å²) in [5, 5.41) is 8.39. The van der Waals surface area contributed by atoms with Gasteiger partial charge in [-0.3, -0.25) is 4.57 Å². The van der Waals surface area contributed by atoms with Crippen LogP contribution in [0.15, 0.2) is 40.3 Å². The lowest BCUT2D eigenvalue weighted by atomic mass is 10.1. The van der Waals surface area contributed by atoms with Gasteiger partial charge in [0.25, 0.3) is 0 Å². The van der Waals surface area contributed by atoms with Gasteiger partial charge < -0.3 is 9.74 Å². The first-order valence-corrected chi connectivity index (χ1v) is 14.0. The Morgan fingerprint density at radius 2 is 1.84 bits per heavy atom. The van der Waals surface area contributed by atoms with Crippen molar-refractivity contribution in [1.29, 1.82) is 0 Å². The van der Waals surface area contributed by atoms with Gasteiger partial charge in [-0.2, -0.15) is 9.04 Å². The summed E-state index contributed by atoms with van der Waals surface area (Å²) in [6.45, 7) is 5.66. The Hall–Kier alpha value is -2.93. The maximum atomic E-state index is 13.3. The van der Waals surface area contributed by atoms with Crippen molar-refractivity contribution >= 4 is 38.3 Å². The first kappa shape index (κ1) is 27.1. The molecule has 0 atom stereocenters. The standard InChI is InChI=1S/C24H32ClN7O4S/c1-6-11-30-21-19(25)20(32(36-14-7-2)22(21)23-27-26-16-31(23)24(30)33)17-9-8-10-18(15-17)37(34,35)29(5)13-12-28(3)4/h8-10,15-16H,6-7,11-14H2,1-5H3. The highest BCUT2D eigenvalue weighted by Gasteiger charge is 2.28. The molecular weight excluding hydrogens is 518 g/mol. The number of rotatable bonds is 11. The highest BCUT2D eigenvalue weighted by atomic mass is 35.5. The zero-order valence-electron chi connectivity index (χ0n) is 21.7. The molecular formula is C24H32ClN7O4S. The molecule has 4 aromatic rings. The van der Waals surface area contributed by atoms with Crippen molar-refractivity contribution in [2.24, 2.45) is 0 Å². The van der Waals surface area contributed by atoms with Gasteiger partial charge in [-0.15, -0.1) is 10.2 Å². The smallest absolute Gasteiger partial charge is 0.335 e. The summed E-state index contributed by atoms with van der Waals surface area (Å²) < 4.78 is 32.5. The molecule has 1 aromatic carbocycles. The predicted octanol–water partition coefficient (Wildman–Crippen LogP) is 2.60. The second kappa shape index (κ2) is 10.8. The lowest BCUT2D eigenvalue weighted by Crippen LogP contribution is -2.33. The molecule has 37 heavy (non-hydrogen) atoms. The molecule has 13 heteroatoms. The molecule has 0 aliphatic rings. The number of sulfonamides is 1. The third-order valence-corrected chi connectivity index (χ3v) is 8.27. The minimum absolute atomic E-state index is 0.133.